The first-order chi connectivity index (χ1) is 9.60. The van der Waals surface area contributed by atoms with Crippen molar-refractivity contribution in [1.29, 1.82) is 0 Å². The fraction of sp³-hybridized carbons (Fsp3) is 0.667. The molecule has 0 bridgehead atoms. The number of nitrogens with zero attached hydrogens (tertiary/aromatic N) is 1. The quantitative estimate of drug-likeness (QED) is 0.278. The van der Waals surface area contributed by atoms with E-state index in [1.165, 1.54) is 23.5 Å². The molecule has 0 aliphatic rings. The minimum Gasteiger partial charge on any atom is -0.356 e. The number of halogens is 1. The molecule has 122 valence electrons. The third-order valence-electron chi connectivity index (χ3n) is 3.18. The van der Waals surface area contributed by atoms with Crippen LogP contribution in [-0.4, -0.2) is 38.1 Å². The highest BCUT2D eigenvalue weighted by Gasteiger charge is 2.21. The van der Waals surface area contributed by atoms with E-state index >= 15 is 0 Å². The highest BCUT2D eigenvalue weighted by Crippen LogP contribution is 2.26. The number of hydrogen-bond donors (Lipinski definition) is 2. The van der Waals surface area contributed by atoms with Gasteiger partial charge in [-0.05, 0) is 36.3 Å². The van der Waals surface area contributed by atoms with Crippen LogP contribution < -0.4 is 10.6 Å². The zero-order chi connectivity index (χ0) is 14.8. The first kappa shape index (κ1) is 21.0. The first-order valence-corrected chi connectivity index (χ1v) is 9.35. The largest absolute Gasteiger partial charge is 0.356 e. The maximum atomic E-state index is 4.28. The van der Waals surface area contributed by atoms with Crippen LogP contribution in [0.25, 0.3) is 0 Å². The second kappa shape index (κ2) is 11.6. The fourth-order valence-corrected chi connectivity index (χ4v) is 3.20. The zero-order valence-electron chi connectivity index (χ0n) is 13.4. The SMILES string of the molecule is CN=C(NCCCCSC)NCC(C)(C)c1cccs1.I. The molecule has 0 radical (unpaired) electrons. The molecule has 0 saturated heterocycles. The molecule has 0 aliphatic heterocycles. The lowest BCUT2D eigenvalue weighted by molar-refractivity contribution is 0.518. The van der Waals surface area contributed by atoms with Gasteiger partial charge in [0.05, 0.1) is 0 Å². The molecule has 1 heterocycles. The van der Waals surface area contributed by atoms with Gasteiger partial charge in [0.25, 0.3) is 0 Å². The van der Waals surface area contributed by atoms with Gasteiger partial charge in [-0.25, -0.2) is 0 Å². The number of guanidine groups is 1. The van der Waals surface area contributed by atoms with E-state index in [2.05, 4.69) is 53.2 Å². The summed E-state index contributed by atoms with van der Waals surface area (Å²) in [6.45, 7) is 6.40. The van der Waals surface area contributed by atoms with E-state index in [0.717, 1.165) is 19.0 Å². The van der Waals surface area contributed by atoms with Crippen LogP contribution in [0.4, 0.5) is 0 Å². The average Bonchev–Trinajstić information content (AvgIpc) is 2.97. The second-order valence-corrected chi connectivity index (χ2v) is 7.35. The van der Waals surface area contributed by atoms with E-state index in [-0.39, 0.29) is 29.4 Å². The van der Waals surface area contributed by atoms with Gasteiger partial charge in [0, 0.05) is 30.4 Å². The van der Waals surface area contributed by atoms with E-state index in [9.17, 15) is 0 Å². The summed E-state index contributed by atoms with van der Waals surface area (Å²) in [5, 5.41) is 8.94. The van der Waals surface area contributed by atoms with Gasteiger partial charge in [0.2, 0.25) is 0 Å². The topological polar surface area (TPSA) is 36.4 Å². The van der Waals surface area contributed by atoms with Crippen LogP contribution in [0.2, 0.25) is 0 Å². The van der Waals surface area contributed by atoms with Crippen LogP contribution in [0.5, 0.6) is 0 Å². The minimum absolute atomic E-state index is 0. The number of rotatable bonds is 8. The highest BCUT2D eigenvalue weighted by molar-refractivity contribution is 14.0. The molecule has 3 nitrogen and oxygen atoms in total. The molecular weight excluding hydrogens is 413 g/mol. The lowest BCUT2D eigenvalue weighted by Gasteiger charge is -2.25. The zero-order valence-corrected chi connectivity index (χ0v) is 17.4. The van der Waals surface area contributed by atoms with Crippen molar-refractivity contribution in [2.75, 3.05) is 32.1 Å². The molecule has 0 aromatic carbocycles. The highest BCUT2D eigenvalue weighted by atomic mass is 127. The van der Waals surface area contributed by atoms with Crippen molar-refractivity contribution in [3.05, 3.63) is 22.4 Å². The molecule has 0 spiro atoms. The molecule has 0 atom stereocenters. The summed E-state index contributed by atoms with van der Waals surface area (Å²) in [6.07, 6.45) is 4.60. The molecule has 0 amide bonds. The number of thioether (sulfide) groups is 1. The predicted molar refractivity (Wildman–Crippen MR) is 110 cm³/mol. The molecule has 1 aromatic heterocycles. The fourth-order valence-electron chi connectivity index (χ4n) is 1.85. The summed E-state index contributed by atoms with van der Waals surface area (Å²) in [5.74, 6) is 2.14. The van der Waals surface area contributed by atoms with Gasteiger partial charge in [-0.2, -0.15) is 11.8 Å². The molecule has 21 heavy (non-hydrogen) atoms. The van der Waals surface area contributed by atoms with Crippen LogP contribution >= 0.6 is 47.1 Å². The summed E-state index contributed by atoms with van der Waals surface area (Å²) in [6, 6.07) is 4.31. The first-order valence-electron chi connectivity index (χ1n) is 7.07. The van der Waals surface area contributed by atoms with Crippen molar-refractivity contribution < 1.29 is 0 Å². The summed E-state index contributed by atoms with van der Waals surface area (Å²) >= 11 is 3.72. The molecule has 0 saturated carbocycles. The van der Waals surface area contributed by atoms with Crippen molar-refractivity contribution >= 4 is 53.0 Å². The molecule has 0 fully saturated rings. The lowest BCUT2D eigenvalue weighted by atomic mass is 9.91. The Morgan fingerprint density at radius 3 is 2.67 bits per heavy atom. The van der Waals surface area contributed by atoms with Crippen LogP contribution in [0.3, 0.4) is 0 Å². The van der Waals surface area contributed by atoms with Crippen molar-refractivity contribution in [2.45, 2.75) is 32.1 Å². The Morgan fingerprint density at radius 1 is 1.33 bits per heavy atom. The van der Waals surface area contributed by atoms with Gasteiger partial charge >= 0.3 is 0 Å². The van der Waals surface area contributed by atoms with E-state index in [1.54, 1.807) is 0 Å². The maximum absolute atomic E-state index is 4.28. The van der Waals surface area contributed by atoms with E-state index < -0.39 is 0 Å². The van der Waals surface area contributed by atoms with E-state index in [0.29, 0.717) is 0 Å². The summed E-state index contributed by atoms with van der Waals surface area (Å²) < 4.78 is 0. The summed E-state index contributed by atoms with van der Waals surface area (Å²) in [7, 11) is 1.83. The van der Waals surface area contributed by atoms with Gasteiger partial charge in [-0.1, -0.05) is 19.9 Å². The average molecular weight is 441 g/mol. The van der Waals surface area contributed by atoms with Gasteiger partial charge < -0.3 is 10.6 Å². The Balaban J connectivity index is 0.00000400. The standard InChI is InChI=1S/C15H27N3S2.HI/c1-15(2,13-8-7-11-20-13)12-18-14(16-3)17-9-5-6-10-19-4;/h7-8,11H,5-6,9-10,12H2,1-4H3,(H2,16,17,18);1H. The smallest absolute Gasteiger partial charge is 0.191 e. The normalized spacial score (nSPS) is 11.9. The molecule has 6 heteroatoms. The predicted octanol–water partition coefficient (Wildman–Crippen LogP) is 3.95. The molecular formula is C15H28IN3S2. The van der Waals surface area contributed by atoms with Crippen molar-refractivity contribution in [3.8, 4) is 0 Å². The van der Waals surface area contributed by atoms with Gasteiger partial charge in [-0.15, -0.1) is 35.3 Å². The number of unbranched alkanes of at least 4 members (excludes halogenated alkanes) is 1. The van der Waals surface area contributed by atoms with Gasteiger partial charge in [-0.3, -0.25) is 4.99 Å². The van der Waals surface area contributed by atoms with E-state index in [4.69, 9.17) is 0 Å². The Morgan fingerprint density at radius 2 is 2.10 bits per heavy atom. The lowest BCUT2D eigenvalue weighted by Crippen LogP contribution is -2.43. The minimum atomic E-state index is 0. The monoisotopic (exact) mass is 441 g/mol. The number of thiophene rings is 1. The van der Waals surface area contributed by atoms with Crippen LogP contribution in [0.1, 0.15) is 31.6 Å². The molecule has 0 aliphatic carbocycles. The Kier molecular flexibility index (Phi) is 11.6. The van der Waals surface area contributed by atoms with E-state index in [1.807, 2.05) is 30.1 Å². The number of aliphatic imine (C=N–C) groups is 1. The summed E-state index contributed by atoms with van der Waals surface area (Å²) in [5.41, 5.74) is 0.130. The third-order valence-corrected chi connectivity index (χ3v) is 5.11. The van der Waals surface area contributed by atoms with Crippen molar-refractivity contribution in [2.24, 2.45) is 4.99 Å². The second-order valence-electron chi connectivity index (χ2n) is 5.41. The van der Waals surface area contributed by atoms with Gasteiger partial charge in [0.1, 0.15) is 0 Å². The third kappa shape index (κ3) is 8.30. The number of hydrogen-bond acceptors (Lipinski definition) is 3. The Hall–Kier alpha value is 0.0500. The molecule has 1 rings (SSSR count). The van der Waals surface area contributed by atoms with Crippen molar-refractivity contribution in [1.82, 2.24) is 10.6 Å². The van der Waals surface area contributed by atoms with Crippen LogP contribution in [0.15, 0.2) is 22.5 Å². The maximum Gasteiger partial charge on any atom is 0.191 e. The van der Waals surface area contributed by atoms with Crippen LogP contribution in [0, 0.1) is 0 Å². The Labute approximate surface area is 154 Å². The summed E-state index contributed by atoms with van der Waals surface area (Å²) in [4.78, 5) is 5.69. The van der Waals surface area contributed by atoms with Crippen molar-refractivity contribution in [3.63, 3.8) is 0 Å². The molecule has 2 N–H and O–H groups in total. The van der Waals surface area contributed by atoms with Crippen LogP contribution in [-0.2, 0) is 5.41 Å². The molecule has 1 aromatic rings. The molecule has 0 unspecified atom stereocenters. The number of nitrogens with one attached hydrogen (secondary N) is 2. The van der Waals surface area contributed by atoms with Gasteiger partial charge in [0.15, 0.2) is 5.96 Å². The Bertz CT molecular complexity index is 392.